The highest BCUT2D eigenvalue weighted by molar-refractivity contribution is 8.09. The van der Waals surface area contributed by atoms with Gasteiger partial charge in [0.2, 0.25) is 3.79 Å². The number of hydrogen-bond donors (Lipinski definition) is 1. The molecule has 1 unspecified atom stereocenters. The molecule has 0 radical (unpaired) electrons. The van der Waals surface area contributed by atoms with E-state index in [9.17, 15) is 4.89 Å². The summed E-state index contributed by atoms with van der Waals surface area (Å²) in [5.41, 5.74) is 0. The topological polar surface area (TPSA) is 29.5 Å². The molecule has 0 saturated carbocycles. The minimum Gasteiger partial charge on any atom is -0.345 e. The predicted molar refractivity (Wildman–Crippen MR) is 57.9 cm³/mol. The quantitative estimate of drug-likeness (QED) is 0.629. The number of hydrogen-bond acceptors (Lipinski definition) is 2. The molecular weight excluding hydrogens is 261 g/mol. The molecule has 0 aliphatic heterocycles. The molecule has 74 valence electrons. The molecule has 1 atom stereocenters. The first-order valence-electron chi connectivity index (χ1n) is 3.30. The third-order valence-corrected chi connectivity index (χ3v) is 3.67. The molecule has 0 aromatic rings. The van der Waals surface area contributed by atoms with Crippen LogP contribution in [0.5, 0.6) is 0 Å². The van der Waals surface area contributed by atoms with Crippen LogP contribution in [0.15, 0.2) is 0 Å². The highest BCUT2D eigenvalue weighted by Crippen LogP contribution is 2.45. The molecule has 0 aromatic heterocycles. The molecule has 0 rings (SSSR count). The van der Waals surface area contributed by atoms with E-state index in [4.69, 9.17) is 51.1 Å². The van der Waals surface area contributed by atoms with Crippen LogP contribution in [0, 0.1) is 0 Å². The highest BCUT2D eigenvalue weighted by atomic mass is 35.6. The van der Waals surface area contributed by atoms with Crippen LogP contribution in [-0.4, -0.2) is 21.5 Å². The lowest BCUT2D eigenvalue weighted by Crippen LogP contribution is -2.12. The zero-order chi connectivity index (χ0) is 9.83. The fourth-order valence-electron chi connectivity index (χ4n) is 0.521. The van der Waals surface area contributed by atoms with Gasteiger partial charge in [0.05, 0.1) is 0 Å². The average molecular weight is 272 g/mol. The van der Waals surface area contributed by atoms with Crippen molar-refractivity contribution in [2.75, 3.05) is 12.8 Å². The SMILES string of the molecule is CCCP(O)(=S)OCC(Cl)(Cl)Cl. The monoisotopic (exact) mass is 270 g/mol. The van der Waals surface area contributed by atoms with Crippen LogP contribution >= 0.6 is 41.3 Å². The van der Waals surface area contributed by atoms with Gasteiger partial charge in [0.15, 0.2) is 6.49 Å². The second-order valence-corrected chi connectivity index (χ2v) is 8.46. The first-order valence-corrected chi connectivity index (χ1v) is 7.29. The van der Waals surface area contributed by atoms with E-state index in [1.54, 1.807) is 0 Å². The fourth-order valence-corrected chi connectivity index (χ4v) is 2.71. The Balaban J connectivity index is 3.84. The Morgan fingerprint density at radius 2 is 2.00 bits per heavy atom. The van der Waals surface area contributed by atoms with Crippen molar-refractivity contribution in [3.8, 4) is 0 Å². The molecule has 1 N–H and O–H groups in total. The smallest absolute Gasteiger partial charge is 0.213 e. The molecule has 0 aliphatic rings. The molecule has 0 bridgehead atoms. The molecule has 2 nitrogen and oxygen atoms in total. The molecule has 7 heteroatoms. The highest BCUT2D eigenvalue weighted by Gasteiger charge is 2.24. The van der Waals surface area contributed by atoms with E-state index in [1.807, 2.05) is 6.92 Å². The van der Waals surface area contributed by atoms with Gasteiger partial charge >= 0.3 is 0 Å². The van der Waals surface area contributed by atoms with Gasteiger partial charge in [-0.05, 0) is 18.2 Å². The largest absolute Gasteiger partial charge is 0.345 e. The minimum atomic E-state index is -2.71. The van der Waals surface area contributed by atoms with Crippen LogP contribution in [0.2, 0.25) is 0 Å². The Hall–Kier alpha value is 1.44. The van der Waals surface area contributed by atoms with Crippen LogP contribution in [0.1, 0.15) is 13.3 Å². The van der Waals surface area contributed by atoms with Crippen LogP contribution < -0.4 is 0 Å². The summed E-state index contributed by atoms with van der Waals surface area (Å²) >= 11 is 21.0. The third kappa shape index (κ3) is 8.06. The maximum absolute atomic E-state index is 9.41. The molecule has 0 heterocycles. The molecular formula is C5H10Cl3O2PS. The van der Waals surface area contributed by atoms with E-state index in [-0.39, 0.29) is 6.61 Å². The normalized spacial score (nSPS) is 17.4. The number of rotatable bonds is 4. The van der Waals surface area contributed by atoms with Crippen molar-refractivity contribution in [2.24, 2.45) is 0 Å². The summed E-state index contributed by atoms with van der Waals surface area (Å²) in [6.07, 6.45) is 1.21. The van der Waals surface area contributed by atoms with Crippen molar-refractivity contribution in [1.82, 2.24) is 0 Å². The summed E-state index contributed by atoms with van der Waals surface area (Å²) in [6.45, 7) is -0.971. The first kappa shape index (κ1) is 13.4. The molecule has 0 amide bonds. The predicted octanol–water partition coefficient (Wildman–Crippen LogP) is 3.09. The summed E-state index contributed by atoms with van der Waals surface area (Å²) in [6, 6.07) is 0. The Kier molecular flexibility index (Phi) is 6.00. The van der Waals surface area contributed by atoms with Gasteiger partial charge in [-0.2, -0.15) is 0 Å². The summed E-state index contributed by atoms with van der Waals surface area (Å²) in [4.78, 5) is 9.41. The van der Waals surface area contributed by atoms with Gasteiger partial charge in [-0.3, -0.25) is 0 Å². The lowest BCUT2D eigenvalue weighted by atomic mass is 10.6. The molecule has 0 aliphatic carbocycles. The second kappa shape index (κ2) is 5.35. The van der Waals surface area contributed by atoms with Crippen LogP contribution in [-0.2, 0) is 16.3 Å². The second-order valence-electron chi connectivity index (χ2n) is 2.25. The van der Waals surface area contributed by atoms with E-state index in [2.05, 4.69) is 0 Å². The van der Waals surface area contributed by atoms with Gasteiger partial charge in [-0.15, -0.1) is 0 Å². The van der Waals surface area contributed by atoms with Crippen molar-refractivity contribution >= 4 is 53.1 Å². The van der Waals surface area contributed by atoms with E-state index < -0.39 is 10.3 Å². The van der Waals surface area contributed by atoms with Crippen molar-refractivity contribution in [2.45, 2.75) is 17.1 Å². The van der Waals surface area contributed by atoms with Gasteiger partial charge in [0.1, 0.15) is 6.61 Å². The average Bonchev–Trinajstić information content (AvgIpc) is 1.83. The Bertz CT molecular complexity index is 182. The standard InChI is InChI=1S/C5H10Cl3O2PS/c1-2-3-11(9,12)10-4-5(6,7)8/h2-4H2,1H3,(H,9,12). The fraction of sp³-hybridized carbons (Fsp3) is 1.00. The van der Waals surface area contributed by atoms with Crippen LogP contribution in [0.25, 0.3) is 0 Å². The Labute approximate surface area is 92.3 Å². The van der Waals surface area contributed by atoms with Gasteiger partial charge in [0, 0.05) is 6.16 Å². The lowest BCUT2D eigenvalue weighted by Gasteiger charge is -2.18. The van der Waals surface area contributed by atoms with E-state index in [0.29, 0.717) is 6.16 Å². The Morgan fingerprint density at radius 3 is 2.33 bits per heavy atom. The van der Waals surface area contributed by atoms with E-state index >= 15 is 0 Å². The van der Waals surface area contributed by atoms with Crippen molar-refractivity contribution in [3.05, 3.63) is 0 Å². The summed E-state index contributed by atoms with van der Waals surface area (Å²) in [5, 5.41) is 0. The van der Waals surface area contributed by atoms with E-state index in [1.165, 1.54) is 0 Å². The van der Waals surface area contributed by atoms with E-state index in [0.717, 1.165) is 6.42 Å². The third-order valence-electron chi connectivity index (χ3n) is 0.936. The lowest BCUT2D eigenvalue weighted by molar-refractivity contribution is 0.314. The van der Waals surface area contributed by atoms with Crippen LogP contribution in [0.3, 0.4) is 0 Å². The van der Waals surface area contributed by atoms with Gasteiger partial charge in [-0.25, -0.2) is 0 Å². The maximum Gasteiger partial charge on any atom is 0.213 e. The summed E-state index contributed by atoms with van der Waals surface area (Å²) in [7, 11) is 0. The van der Waals surface area contributed by atoms with Crippen molar-refractivity contribution in [1.29, 1.82) is 0 Å². The number of alkyl halides is 3. The molecule has 0 aromatic carbocycles. The summed E-state index contributed by atoms with van der Waals surface area (Å²) < 4.78 is 3.42. The summed E-state index contributed by atoms with van der Waals surface area (Å²) in [5.74, 6) is 0. The Morgan fingerprint density at radius 1 is 1.50 bits per heavy atom. The van der Waals surface area contributed by atoms with Crippen molar-refractivity contribution in [3.63, 3.8) is 0 Å². The molecule has 0 fully saturated rings. The zero-order valence-electron chi connectivity index (χ0n) is 6.47. The van der Waals surface area contributed by atoms with Gasteiger partial charge < -0.3 is 9.42 Å². The first-order chi connectivity index (χ1) is 5.27. The van der Waals surface area contributed by atoms with Gasteiger partial charge in [-0.1, -0.05) is 41.7 Å². The minimum absolute atomic E-state index is 0.161. The maximum atomic E-state index is 9.41. The molecule has 0 saturated heterocycles. The van der Waals surface area contributed by atoms with Gasteiger partial charge in [0.25, 0.3) is 0 Å². The van der Waals surface area contributed by atoms with Crippen LogP contribution in [0.4, 0.5) is 0 Å². The number of halogens is 3. The molecule has 12 heavy (non-hydrogen) atoms. The molecule has 0 spiro atoms. The zero-order valence-corrected chi connectivity index (χ0v) is 10.4. The van der Waals surface area contributed by atoms with Crippen molar-refractivity contribution < 1.29 is 9.42 Å².